The first kappa shape index (κ1) is 30.7. The summed E-state index contributed by atoms with van der Waals surface area (Å²) >= 11 is 0. The first-order chi connectivity index (χ1) is 19.4. The number of aromatic amines is 1. The zero-order valence-corrected chi connectivity index (χ0v) is 24.1. The molecule has 6 atom stereocenters. The summed E-state index contributed by atoms with van der Waals surface area (Å²) in [6.45, 7) is 2.22. The molecule has 0 spiro atoms. The highest BCUT2D eigenvalue weighted by Gasteiger charge is 2.39. The van der Waals surface area contributed by atoms with Crippen molar-refractivity contribution in [2.75, 3.05) is 26.8 Å². The number of aromatic nitrogens is 2. The standard InChI is InChI=1S/C24H31N5O10P2/c1-16(23(32)36-2)27-41(35,39-20-6-4-3-5-7-20)38-15-18-12-19(13-21(18)30)29-14-17(22(31)26-24(29)33)8-11-37-40(25,34)28-9-10-28/h3-7,14,16,18-19,21,30H,9-10,12-13,15H2,1-2H3,(H2,25,34)(H,27,35)(H,26,31,33)/t16-,18?,19?,21-,40?,41?/m0/s1. The predicted molar refractivity (Wildman–Crippen MR) is 146 cm³/mol. The van der Waals surface area contributed by atoms with E-state index in [1.807, 2.05) is 0 Å². The number of aliphatic hydroxyl groups is 1. The van der Waals surface area contributed by atoms with Crippen LogP contribution in [0, 0.1) is 17.9 Å². The molecule has 1 aliphatic heterocycles. The Morgan fingerprint density at radius 1 is 1.24 bits per heavy atom. The van der Waals surface area contributed by atoms with Crippen LogP contribution < -0.4 is 26.4 Å². The Morgan fingerprint density at radius 2 is 1.95 bits per heavy atom. The number of methoxy groups -OCH3 is 1. The minimum atomic E-state index is -4.13. The number of carbonyl (C=O) groups is 1. The number of rotatable bonds is 11. The van der Waals surface area contributed by atoms with Crippen molar-refractivity contribution in [1.82, 2.24) is 19.3 Å². The van der Waals surface area contributed by atoms with Crippen molar-refractivity contribution in [2.45, 2.75) is 38.0 Å². The van der Waals surface area contributed by atoms with E-state index >= 15 is 0 Å². The van der Waals surface area contributed by atoms with Crippen molar-refractivity contribution in [3.05, 3.63) is 62.9 Å². The summed E-state index contributed by atoms with van der Waals surface area (Å²) in [7, 11) is -6.51. The Kier molecular flexibility index (Phi) is 9.56. The van der Waals surface area contributed by atoms with Crippen LogP contribution in [-0.4, -0.2) is 64.2 Å². The Morgan fingerprint density at radius 3 is 2.61 bits per heavy atom. The molecule has 41 heavy (non-hydrogen) atoms. The van der Waals surface area contributed by atoms with Gasteiger partial charge in [0.05, 0.1) is 19.8 Å². The van der Waals surface area contributed by atoms with Crippen LogP contribution in [0.2, 0.25) is 0 Å². The van der Waals surface area contributed by atoms with E-state index in [1.54, 1.807) is 30.3 Å². The summed E-state index contributed by atoms with van der Waals surface area (Å²) in [6.07, 6.45) is 2.76. The third-order valence-corrected chi connectivity index (χ3v) is 9.69. The van der Waals surface area contributed by atoms with Crippen molar-refractivity contribution >= 4 is 21.4 Å². The smallest absolute Gasteiger partial charge is 0.459 e. The number of carbonyl (C=O) groups excluding carboxylic acids is 1. The third kappa shape index (κ3) is 7.96. The second-order valence-electron chi connectivity index (χ2n) is 9.57. The number of para-hydroxylation sites is 1. The molecule has 222 valence electrons. The zero-order valence-electron chi connectivity index (χ0n) is 22.3. The van der Waals surface area contributed by atoms with Gasteiger partial charge in [-0.3, -0.25) is 23.7 Å². The number of hydrogen-bond donors (Lipinski definition) is 4. The van der Waals surface area contributed by atoms with Crippen molar-refractivity contribution < 1.29 is 37.3 Å². The number of esters is 1. The highest BCUT2D eigenvalue weighted by atomic mass is 31.2. The maximum Gasteiger partial charge on any atom is 0.459 e. The van der Waals surface area contributed by atoms with Gasteiger partial charge < -0.3 is 18.9 Å². The first-order valence-corrected chi connectivity index (χ1v) is 15.8. The molecule has 2 heterocycles. The molecule has 15 nitrogen and oxygen atoms in total. The Labute approximate surface area is 235 Å². The molecule has 2 aromatic rings. The molecule has 0 bridgehead atoms. The molecule has 2 fully saturated rings. The van der Waals surface area contributed by atoms with Gasteiger partial charge in [-0.15, -0.1) is 0 Å². The molecule has 1 saturated carbocycles. The van der Waals surface area contributed by atoms with Gasteiger partial charge in [-0.25, -0.2) is 24.1 Å². The minimum Gasteiger partial charge on any atom is -0.468 e. The van der Waals surface area contributed by atoms with Crippen LogP contribution in [-0.2, 0) is 27.7 Å². The van der Waals surface area contributed by atoms with E-state index in [0.29, 0.717) is 13.1 Å². The lowest BCUT2D eigenvalue weighted by molar-refractivity contribution is -0.142. The normalized spacial score (nSPS) is 23.8. The van der Waals surface area contributed by atoms with Gasteiger partial charge in [0, 0.05) is 31.2 Å². The molecule has 0 radical (unpaired) electrons. The number of benzene rings is 1. The molecular weight excluding hydrogens is 580 g/mol. The summed E-state index contributed by atoms with van der Waals surface area (Å²) < 4.78 is 49.2. The number of ether oxygens (including phenoxy) is 1. The van der Waals surface area contributed by atoms with Gasteiger partial charge in [-0.05, 0) is 37.8 Å². The number of H-pyrrole nitrogens is 1. The average Bonchev–Trinajstić information content (AvgIpc) is 3.72. The van der Waals surface area contributed by atoms with E-state index in [1.165, 1.54) is 29.5 Å². The van der Waals surface area contributed by atoms with Gasteiger partial charge in [0.1, 0.15) is 23.5 Å². The lowest BCUT2D eigenvalue weighted by Crippen LogP contribution is -2.35. The molecule has 4 unspecified atom stereocenters. The first-order valence-electron chi connectivity index (χ1n) is 12.6. The summed E-state index contributed by atoms with van der Waals surface area (Å²) in [4.78, 5) is 38.9. The molecule has 4 rings (SSSR count). The van der Waals surface area contributed by atoms with E-state index in [9.17, 15) is 28.6 Å². The molecule has 2 aliphatic rings. The van der Waals surface area contributed by atoms with Gasteiger partial charge in [-0.2, -0.15) is 5.09 Å². The number of nitrogens with two attached hydrogens (primary N) is 1. The average molecular weight is 611 g/mol. The van der Waals surface area contributed by atoms with E-state index in [0.717, 1.165) is 0 Å². The third-order valence-electron chi connectivity index (χ3n) is 6.51. The van der Waals surface area contributed by atoms with Crippen molar-refractivity contribution in [3.8, 4) is 17.8 Å². The van der Waals surface area contributed by atoms with Crippen LogP contribution in [0.3, 0.4) is 0 Å². The van der Waals surface area contributed by atoms with Crippen LogP contribution >= 0.6 is 15.4 Å². The lowest BCUT2D eigenvalue weighted by atomic mass is 10.1. The van der Waals surface area contributed by atoms with E-state index in [-0.39, 0.29) is 30.8 Å². The summed E-state index contributed by atoms with van der Waals surface area (Å²) in [6, 6.07) is 6.59. The highest BCUT2D eigenvalue weighted by Crippen LogP contribution is 2.47. The van der Waals surface area contributed by atoms with Gasteiger partial charge in [0.15, 0.2) is 0 Å². The van der Waals surface area contributed by atoms with E-state index in [2.05, 4.69) is 26.8 Å². The van der Waals surface area contributed by atoms with E-state index < -0.39 is 56.7 Å². The predicted octanol–water partition coefficient (Wildman–Crippen LogP) is 0.911. The molecule has 1 saturated heterocycles. The topological polar surface area (TPSA) is 204 Å². The number of nitrogens with one attached hydrogen (secondary N) is 2. The molecule has 1 aliphatic carbocycles. The van der Waals surface area contributed by atoms with Crippen LogP contribution in [0.15, 0.2) is 46.1 Å². The second kappa shape index (κ2) is 12.8. The fourth-order valence-corrected chi connectivity index (χ4v) is 6.71. The quantitative estimate of drug-likeness (QED) is 0.121. The minimum absolute atomic E-state index is 0.117. The Bertz CT molecular complexity index is 1530. The van der Waals surface area contributed by atoms with Gasteiger partial charge in [-0.1, -0.05) is 18.2 Å². The fraction of sp³-hybridized carbons (Fsp3) is 0.458. The lowest BCUT2D eigenvalue weighted by Gasteiger charge is -2.24. The van der Waals surface area contributed by atoms with Gasteiger partial charge in [0.25, 0.3) is 5.56 Å². The van der Waals surface area contributed by atoms with E-state index in [4.69, 9.17) is 19.1 Å². The van der Waals surface area contributed by atoms with Crippen LogP contribution in [0.5, 0.6) is 5.75 Å². The van der Waals surface area contributed by atoms with Gasteiger partial charge >= 0.3 is 27.1 Å². The maximum absolute atomic E-state index is 13.6. The maximum atomic E-state index is 13.6. The van der Waals surface area contributed by atoms with Crippen molar-refractivity contribution in [3.63, 3.8) is 0 Å². The molecule has 17 heteroatoms. The highest BCUT2D eigenvalue weighted by molar-refractivity contribution is 7.54. The Balaban J connectivity index is 1.47. The largest absolute Gasteiger partial charge is 0.468 e. The van der Waals surface area contributed by atoms with Crippen LogP contribution in [0.1, 0.15) is 31.4 Å². The monoisotopic (exact) mass is 611 g/mol. The number of aliphatic hydroxyl groups excluding tert-OH is 1. The Hall–Kier alpha value is -3.21. The van der Waals surface area contributed by atoms with Crippen molar-refractivity contribution in [2.24, 2.45) is 11.4 Å². The number of nitrogens with zero attached hydrogens (tertiary/aromatic N) is 2. The molecular formula is C24H31N5O10P2. The van der Waals surface area contributed by atoms with Crippen LogP contribution in [0.4, 0.5) is 0 Å². The summed E-state index contributed by atoms with van der Waals surface area (Å²) in [5.41, 5.74) is 3.95. The molecule has 0 amide bonds. The van der Waals surface area contributed by atoms with Gasteiger partial charge in [0.2, 0.25) is 0 Å². The molecule has 5 N–H and O–H groups in total. The molecule has 1 aromatic heterocycles. The van der Waals surface area contributed by atoms with Crippen LogP contribution in [0.25, 0.3) is 0 Å². The SMILES string of the molecule is COC(=O)[C@H](C)NP(=O)(OCC1CC(n2cc(C#COP(N)(=O)N3CC3)c(=O)[nH]c2=O)C[C@@H]1O)Oc1ccccc1. The fourth-order valence-electron chi connectivity index (χ4n) is 4.22. The number of hydrogen-bond acceptors (Lipinski definition) is 10. The molecule has 1 aromatic carbocycles. The summed E-state index contributed by atoms with van der Waals surface area (Å²) in [5, 5.41) is 13.3. The van der Waals surface area contributed by atoms with Crippen molar-refractivity contribution in [1.29, 1.82) is 0 Å². The zero-order chi connectivity index (χ0) is 29.8. The summed E-state index contributed by atoms with van der Waals surface area (Å²) in [5.74, 6) is 1.37. The second-order valence-corrected chi connectivity index (χ2v) is 13.1.